The molecule has 0 heterocycles. The van der Waals surface area contributed by atoms with Gasteiger partial charge in [-0.3, -0.25) is 9.69 Å². The Morgan fingerprint density at radius 3 is 2.29 bits per heavy atom. The second-order valence-corrected chi connectivity index (χ2v) is 3.99. The van der Waals surface area contributed by atoms with Gasteiger partial charge in [0.2, 0.25) is 5.91 Å². The molecular weight excluding hydrogens is 220 g/mol. The summed E-state index contributed by atoms with van der Waals surface area (Å²) in [7, 11) is 4.81. The van der Waals surface area contributed by atoms with Gasteiger partial charge in [0.25, 0.3) is 0 Å². The van der Waals surface area contributed by atoms with Gasteiger partial charge in [0.1, 0.15) is 0 Å². The lowest BCUT2D eigenvalue weighted by atomic mass is 10.2. The van der Waals surface area contributed by atoms with Crippen molar-refractivity contribution >= 4 is 11.9 Å². The van der Waals surface area contributed by atoms with E-state index in [2.05, 4.69) is 4.74 Å². The van der Waals surface area contributed by atoms with Crippen LogP contribution in [0.15, 0.2) is 11.6 Å². The summed E-state index contributed by atoms with van der Waals surface area (Å²) < 4.78 is 4.60. The fourth-order valence-corrected chi connectivity index (χ4v) is 1.15. The summed E-state index contributed by atoms with van der Waals surface area (Å²) in [6.45, 7) is 5.35. The summed E-state index contributed by atoms with van der Waals surface area (Å²) in [5, 5.41) is 0. The van der Waals surface area contributed by atoms with E-state index >= 15 is 0 Å². The van der Waals surface area contributed by atoms with Crippen molar-refractivity contribution in [2.24, 2.45) is 0 Å². The smallest absolute Gasteiger partial charge is 0.333 e. The van der Waals surface area contributed by atoms with Crippen molar-refractivity contribution in [1.82, 2.24) is 9.80 Å². The van der Waals surface area contributed by atoms with Gasteiger partial charge in [-0.1, -0.05) is 13.0 Å². The number of hydrogen-bond acceptors (Lipinski definition) is 4. The van der Waals surface area contributed by atoms with E-state index in [9.17, 15) is 9.59 Å². The second-order valence-electron chi connectivity index (χ2n) is 3.99. The molecule has 0 bridgehead atoms. The van der Waals surface area contributed by atoms with Gasteiger partial charge in [0, 0.05) is 26.2 Å². The van der Waals surface area contributed by atoms with Crippen molar-refractivity contribution in [2.45, 2.75) is 13.8 Å². The molecule has 5 heteroatoms. The Labute approximate surface area is 103 Å². The Hall–Kier alpha value is -1.36. The van der Waals surface area contributed by atoms with Gasteiger partial charge in [-0.2, -0.15) is 0 Å². The van der Waals surface area contributed by atoms with E-state index in [4.69, 9.17) is 0 Å². The van der Waals surface area contributed by atoms with E-state index in [-0.39, 0.29) is 11.9 Å². The predicted octanol–water partition coefficient (Wildman–Crippen LogP) is 0.516. The quantitative estimate of drug-likeness (QED) is 0.503. The Balaban J connectivity index is 4.32. The normalized spacial score (nSPS) is 11.5. The summed E-state index contributed by atoms with van der Waals surface area (Å²) >= 11 is 0. The molecule has 0 fully saturated rings. The number of methoxy groups -OCH3 is 1. The maximum atomic E-state index is 11.5. The van der Waals surface area contributed by atoms with Crippen LogP contribution in [-0.2, 0) is 14.3 Å². The average Bonchev–Trinajstić information content (AvgIpc) is 2.32. The van der Waals surface area contributed by atoms with E-state index in [0.29, 0.717) is 18.7 Å². The first-order valence-electron chi connectivity index (χ1n) is 5.59. The minimum absolute atomic E-state index is 0.0518. The van der Waals surface area contributed by atoms with Gasteiger partial charge in [0.05, 0.1) is 13.7 Å². The van der Waals surface area contributed by atoms with Crippen molar-refractivity contribution in [3.05, 3.63) is 11.6 Å². The number of ether oxygens (including phenoxy) is 1. The van der Waals surface area contributed by atoms with Crippen LogP contribution in [0.25, 0.3) is 0 Å². The zero-order valence-electron chi connectivity index (χ0n) is 11.3. The molecular formula is C12H22N2O3. The lowest BCUT2D eigenvalue weighted by Gasteiger charge is -2.20. The van der Waals surface area contributed by atoms with Crippen molar-refractivity contribution in [2.75, 3.05) is 40.8 Å². The van der Waals surface area contributed by atoms with Crippen LogP contribution in [0, 0.1) is 0 Å². The summed E-state index contributed by atoms with van der Waals surface area (Å²) in [6.07, 6.45) is 1.78. The molecule has 0 unspecified atom stereocenters. The molecule has 98 valence electrons. The van der Waals surface area contributed by atoms with Crippen LogP contribution in [0.4, 0.5) is 0 Å². The van der Waals surface area contributed by atoms with Crippen LogP contribution in [0.2, 0.25) is 0 Å². The van der Waals surface area contributed by atoms with Crippen molar-refractivity contribution in [3.8, 4) is 0 Å². The van der Waals surface area contributed by atoms with Gasteiger partial charge in [-0.25, -0.2) is 4.79 Å². The molecule has 1 amide bonds. The standard InChI is InChI=1S/C12H22N2O3/c1-6-14(9-11(15)13(3)4)8-7-10(2)12(16)17-5/h7H,6,8-9H2,1-5H3. The lowest BCUT2D eigenvalue weighted by molar-refractivity contribution is -0.136. The molecule has 0 aromatic heterocycles. The number of esters is 1. The molecule has 0 rings (SSSR count). The highest BCUT2D eigenvalue weighted by Crippen LogP contribution is 1.98. The topological polar surface area (TPSA) is 49.9 Å². The number of carbonyl (C=O) groups is 2. The van der Waals surface area contributed by atoms with Crippen molar-refractivity contribution in [3.63, 3.8) is 0 Å². The lowest BCUT2D eigenvalue weighted by Crippen LogP contribution is -2.36. The number of amides is 1. The Morgan fingerprint density at radius 2 is 1.88 bits per heavy atom. The SMILES string of the molecule is CCN(CC=C(C)C(=O)OC)CC(=O)N(C)C. The molecule has 0 atom stereocenters. The Kier molecular flexibility index (Phi) is 7.21. The zero-order chi connectivity index (χ0) is 13.4. The minimum Gasteiger partial charge on any atom is -0.466 e. The monoisotopic (exact) mass is 242 g/mol. The maximum Gasteiger partial charge on any atom is 0.333 e. The van der Waals surface area contributed by atoms with Gasteiger partial charge in [-0.15, -0.1) is 0 Å². The third kappa shape index (κ3) is 6.06. The number of carbonyl (C=O) groups excluding carboxylic acids is 2. The van der Waals surface area contributed by atoms with Gasteiger partial charge < -0.3 is 9.64 Å². The van der Waals surface area contributed by atoms with Crippen LogP contribution in [0.1, 0.15) is 13.8 Å². The average molecular weight is 242 g/mol. The number of likely N-dealkylation sites (N-methyl/N-ethyl adjacent to an activating group) is 2. The zero-order valence-corrected chi connectivity index (χ0v) is 11.3. The largest absolute Gasteiger partial charge is 0.466 e. The molecule has 0 saturated heterocycles. The molecule has 0 aromatic carbocycles. The maximum absolute atomic E-state index is 11.5. The molecule has 0 N–H and O–H groups in total. The highest BCUT2D eigenvalue weighted by atomic mass is 16.5. The Bertz CT molecular complexity index is 298. The Morgan fingerprint density at radius 1 is 1.29 bits per heavy atom. The van der Waals surface area contributed by atoms with Gasteiger partial charge in [-0.05, 0) is 13.5 Å². The summed E-state index contributed by atoms with van der Waals surface area (Å²) in [5.74, 6) is -0.282. The predicted molar refractivity (Wildman–Crippen MR) is 66.6 cm³/mol. The van der Waals surface area contributed by atoms with Crippen LogP contribution < -0.4 is 0 Å². The fourth-order valence-electron chi connectivity index (χ4n) is 1.15. The number of hydrogen-bond donors (Lipinski definition) is 0. The third-order valence-electron chi connectivity index (χ3n) is 2.47. The molecule has 5 nitrogen and oxygen atoms in total. The van der Waals surface area contributed by atoms with E-state index in [1.54, 1.807) is 32.0 Å². The van der Waals surface area contributed by atoms with E-state index in [1.165, 1.54) is 7.11 Å². The van der Waals surface area contributed by atoms with Gasteiger partial charge in [0.15, 0.2) is 0 Å². The summed E-state index contributed by atoms with van der Waals surface area (Å²) in [6, 6.07) is 0. The molecule has 0 aliphatic carbocycles. The first-order valence-corrected chi connectivity index (χ1v) is 5.59. The second kappa shape index (κ2) is 7.84. The van der Waals surface area contributed by atoms with Crippen molar-refractivity contribution in [1.29, 1.82) is 0 Å². The van der Waals surface area contributed by atoms with Crippen LogP contribution >= 0.6 is 0 Å². The summed E-state index contributed by atoms with van der Waals surface area (Å²) in [5.41, 5.74) is 0.559. The molecule has 0 saturated carbocycles. The molecule has 0 aromatic rings. The first kappa shape index (κ1) is 15.6. The van der Waals surface area contributed by atoms with E-state index in [1.807, 2.05) is 11.8 Å². The third-order valence-corrected chi connectivity index (χ3v) is 2.47. The van der Waals surface area contributed by atoms with Crippen LogP contribution in [0.5, 0.6) is 0 Å². The molecule has 0 aliphatic heterocycles. The highest BCUT2D eigenvalue weighted by molar-refractivity contribution is 5.87. The molecule has 0 aliphatic rings. The number of nitrogens with zero attached hydrogens (tertiary/aromatic N) is 2. The van der Waals surface area contributed by atoms with Crippen molar-refractivity contribution < 1.29 is 14.3 Å². The highest BCUT2D eigenvalue weighted by Gasteiger charge is 2.10. The molecule has 0 spiro atoms. The molecule has 0 radical (unpaired) electrons. The van der Waals surface area contributed by atoms with E-state index < -0.39 is 0 Å². The summed E-state index contributed by atoms with van der Waals surface area (Å²) in [4.78, 5) is 26.2. The van der Waals surface area contributed by atoms with E-state index in [0.717, 1.165) is 6.54 Å². The van der Waals surface area contributed by atoms with Crippen LogP contribution in [-0.4, -0.2) is 62.5 Å². The number of rotatable bonds is 6. The van der Waals surface area contributed by atoms with Gasteiger partial charge >= 0.3 is 5.97 Å². The first-order chi connectivity index (χ1) is 7.92. The minimum atomic E-state index is -0.333. The molecule has 17 heavy (non-hydrogen) atoms. The van der Waals surface area contributed by atoms with Crippen LogP contribution in [0.3, 0.4) is 0 Å². The fraction of sp³-hybridized carbons (Fsp3) is 0.667.